The fourth-order valence-corrected chi connectivity index (χ4v) is 4.67. The van der Waals surface area contributed by atoms with Crippen molar-refractivity contribution in [2.45, 2.75) is 11.3 Å². The van der Waals surface area contributed by atoms with Crippen LogP contribution >= 0.6 is 23.1 Å². The lowest BCUT2D eigenvalue weighted by Crippen LogP contribution is -2.24. The van der Waals surface area contributed by atoms with Crippen LogP contribution in [0, 0.1) is 0 Å². The van der Waals surface area contributed by atoms with Crippen LogP contribution in [0.2, 0.25) is 0 Å². The number of anilines is 2. The van der Waals surface area contributed by atoms with Crippen LogP contribution in [0.5, 0.6) is 0 Å². The number of aromatic nitrogens is 2. The maximum atomic E-state index is 13.0. The summed E-state index contributed by atoms with van der Waals surface area (Å²) in [5.41, 5.74) is 1.62. The number of carbonyl (C=O) groups excluding carboxylic acids is 3. The SMILES string of the molecule is CCNc1nnc(SCC(=O)Nc2cccc3c2C(=O)c2ccccc2C3=O)s1. The summed E-state index contributed by atoms with van der Waals surface area (Å²) in [6.07, 6.45) is 0. The Kier molecular flexibility index (Phi) is 5.41. The highest BCUT2D eigenvalue weighted by Gasteiger charge is 2.31. The van der Waals surface area contributed by atoms with Gasteiger partial charge in [-0.2, -0.15) is 0 Å². The first-order valence-electron chi connectivity index (χ1n) is 8.90. The van der Waals surface area contributed by atoms with Crippen LogP contribution in [0.25, 0.3) is 0 Å². The molecule has 1 aliphatic carbocycles. The summed E-state index contributed by atoms with van der Waals surface area (Å²) in [5, 5.41) is 14.5. The van der Waals surface area contributed by atoms with Gasteiger partial charge in [0.1, 0.15) is 0 Å². The van der Waals surface area contributed by atoms with E-state index in [9.17, 15) is 14.4 Å². The number of nitrogens with one attached hydrogen (secondary N) is 2. The van der Waals surface area contributed by atoms with E-state index in [1.165, 1.54) is 23.1 Å². The first-order valence-corrected chi connectivity index (χ1v) is 10.7. The molecular weight excluding hydrogens is 408 g/mol. The molecule has 0 saturated heterocycles. The molecule has 1 heterocycles. The van der Waals surface area contributed by atoms with Gasteiger partial charge in [-0.15, -0.1) is 10.2 Å². The van der Waals surface area contributed by atoms with Crippen molar-refractivity contribution in [1.82, 2.24) is 10.2 Å². The molecule has 2 N–H and O–H groups in total. The summed E-state index contributed by atoms with van der Waals surface area (Å²) in [6, 6.07) is 11.6. The van der Waals surface area contributed by atoms with Crippen molar-refractivity contribution in [1.29, 1.82) is 0 Å². The van der Waals surface area contributed by atoms with E-state index in [1.807, 2.05) is 6.92 Å². The Balaban J connectivity index is 1.52. The van der Waals surface area contributed by atoms with Crippen molar-refractivity contribution in [2.24, 2.45) is 0 Å². The molecule has 146 valence electrons. The number of rotatable bonds is 6. The molecule has 0 fully saturated rings. The van der Waals surface area contributed by atoms with Crippen molar-refractivity contribution in [3.8, 4) is 0 Å². The molecule has 0 unspecified atom stereocenters. The smallest absolute Gasteiger partial charge is 0.234 e. The largest absolute Gasteiger partial charge is 0.360 e. The third-order valence-corrected chi connectivity index (χ3v) is 6.30. The lowest BCUT2D eigenvalue weighted by molar-refractivity contribution is -0.113. The van der Waals surface area contributed by atoms with E-state index in [1.54, 1.807) is 42.5 Å². The van der Waals surface area contributed by atoms with Crippen LogP contribution in [0.3, 0.4) is 0 Å². The summed E-state index contributed by atoms with van der Waals surface area (Å²) in [7, 11) is 0. The van der Waals surface area contributed by atoms with E-state index in [0.717, 1.165) is 6.54 Å². The molecule has 0 aliphatic heterocycles. The van der Waals surface area contributed by atoms with Gasteiger partial charge in [0, 0.05) is 23.2 Å². The molecule has 0 atom stereocenters. The monoisotopic (exact) mass is 424 g/mol. The number of carbonyl (C=O) groups is 3. The molecule has 2 aromatic carbocycles. The fraction of sp³-hybridized carbons (Fsp3) is 0.150. The standard InChI is InChI=1S/C20H16N4O3S2/c1-2-21-19-23-24-20(29-19)28-10-15(25)22-14-9-5-8-13-16(14)18(27)12-7-4-3-6-11(12)17(13)26/h3-9H,2,10H2,1H3,(H,21,23)(H,22,25). The van der Waals surface area contributed by atoms with Crippen LogP contribution in [-0.4, -0.2) is 40.0 Å². The summed E-state index contributed by atoms with van der Waals surface area (Å²) < 4.78 is 0.673. The van der Waals surface area contributed by atoms with Crippen molar-refractivity contribution < 1.29 is 14.4 Å². The average Bonchev–Trinajstić information content (AvgIpc) is 3.18. The van der Waals surface area contributed by atoms with Gasteiger partial charge in [-0.25, -0.2) is 0 Å². The minimum absolute atomic E-state index is 0.114. The lowest BCUT2D eigenvalue weighted by Gasteiger charge is -2.20. The Hall–Kier alpha value is -3.04. The van der Waals surface area contributed by atoms with Crippen LogP contribution in [0.1, 0.15) is 38.8 Å². The molecule has 0 saturated carbocycles. The Labute approximate surface area is 174 Å². The van der Waals surface area contributed by atoms with Gasteiger partial charge in [-0.1, -0.05) is 59.5 Å². The Morgan fingerprint density at radius 1 is 1.00 bits per heavy atom. The van der Waals surface area contributed by atoms with E-state index >= 15 is 0 Å². The minimum atomic E-state index is -0.289. The number of nitrogens with zero attached hydrogens (tertiary/aromatic N) is 2. The lowest BCUT2D eigenvalue weighted by atomic mass is 9.83. The molecule has 29 heavy (non-hydrogen) atoms. The zero-order valence-electron chi connectivity index (χ0n) is 15.4. The first kappa shape index (κ1) is 19.3. The van der Waals surface area contributed by atoms with E-state index in [4.69, 9.17) is 0 Å². The van der Waals surface area contributed by atoms with Gasteiger partial charge in [0.15, 0.2) is 15.9 Å². The molecule has 0 radical (unpaired) electrons. The summed E-state index contributed by atoms with van der Waals surface area (Å²) in [5.74, 6) is -0.658. The summed E-state index contributed by atoms with van der Waals surface area (Å²) >= 11 is 2.64. The van der Waals surface area contributed by atoms with Crippen molar-refractivity contribution in [3.63, 3.8) is 0 Å². The van der Waals surface area contributed by atoms with Gasteiger partial charge >= 0.3 is 0 Å². The van der Waals surface area contributed by atoms with E-state index < -0.39 is 0 Å². The van der Waals surface area contributed by atoms with Gasteiger partial charge < -0.3 is 10.6 Å². The average molecular weight is 425 g/mol. The zero-order valence-corrected chi connectivity index (χ0v) is 17.0. The van der Waals surface area contributed by atoms with Gasteiger partial charge in [-0.05, 0) is 13.0 Å². The predicted molar refractivity (Wildman–Crippen MR) is 113 cm³/mol. The summed E-state index contributed by atoms with van der Waals surface area (Å²) in [4.78, 5) is 38.2. The number of thioether (sulfide) groups is 1. The Morgan fingerprint density at radius 3 is 2.48 bits per heavy atom. The minimum Gasteiger partial charge on any atom is -0.360 e. The van der Waals surface area contributed by atoms with E-state index in [2.05, 4.69) is 20.8 Å². The highest BCUT2D eigenvalue weighted by atomic mass is 32.2. The number of amides is 1. The topological polar surface area (TPSA) is 101 Å². The quantitative estimate of drug-likeness (QED) is 0.457. The molecule has 1 aromatic heterocycles. The Morgan fingerprint density at radius 2 is 1.72 bits per heavy atom. The van der Waals surface area contributed by atoms with Crippen LogP contribution in [-0.2, 0) is 4.79 Å². The normalized spacial score (nSPS) is 12.3. The molecular formula is C20H16N4O3S2. The van der Waals surface area contributed by atoms with Crippen molar-refractivity contribution >= 4 is 51.4 Å². The van der Waals surface area contributed by atoms with Crippen molar-refractivity contribution in [2.75, 3.05) is 22.9 Å². The van der Waals surface area contributed by atoms with Gasteiger partial charge in [0.25, 0.3) is 0 Å². The number of hydrogen-bond donors (Lipinski definition) is 2. The van der Waals surface area contributed by atoms with E-state index in [0.29, 0.717) is 31.8 Å². The molecule has 0 spiro atoms. The number of benzene rings is 2. The maximum Gasteiger partial charge on any atom is 0.234 e. The third kappa shape index (κ3) is 3.79. The predicted octanol–water partition coefficient (Wildman–Crippen LogP) is 3.48. The second-order valence-corrected chi connectivity index (χ2v) is 8.37. The molecule has 3 aromatic rings. The highest BCUT2D eigenvalue weighted by Crippen LogP contribution is 2.32. The Bertz CT molecular complexity index is 1130. The zero-order chi connectivity index (χ0) is 20.4. The van der Waals surface area contributed by atoms with E-state index in [-0.39, 0.29) is 28.8 Å². The van der Waals surface area contributed by atoms with Crippen LogP contribution < -0.4 is 10.6 Å². The van der Waals surface area contributed by atoms with Crippen LogP contribution in [0.15, 0.2) is 46.8 Å². The number of hydrogen-bond acceptors (Lipinski definition) is 8. The van der Waals surface area contributed by atoms with Gasteiger partial charge in [-0.3, -0.25) is 14.4 Å². The first-order chi connectivity index (χ1) is 14.1. The van der Waals surface area contributed by atoms with Gasteiger partial charge in [0.05, 0.1) is 17.0 Å². The number of fused-ring (bicyclic) bond motifs is 2. The number of ketones is 2. The second-order valence-electron chi connectivity index (χ2n) is 6.17. The maximum absolute atomic E-state index is 13.0. The third-order valence-electron chi connectivity index (χ3n) is 4.29. The second kappa shape index (κ2) is 8.14. The molecule has 4 rings (SSSR count). The molecule has 0 bridgehead atoms. The van der Waals surface area contributed by atoms with Gasteiger partial charge in [0.2, 0.25) is 11.0 Å². The molecule has 9 heteroatoms. The molecule has 1 amide bonds. The summed E-state index contributed by atoms with van der Waals surface area (Å²) in [6.45, 7) is 2.71. The van der Waals surface area contributed by atoms with Crippen molar-refractivity contribution in [3.05, 3.63) is 64.7 Å². The van der Waals surface area contributed by atoms with Crippen LogP contribution in [0.4, 0.5) is 10.8 Å². The fourth-order valence-electron chi connectivity index (χ4n) is 3.05. The molecule has 1 aliphatic rings. The highest BCUT2D eigenvalue weighted by molar-refractivity contribution is 8.01. The molecule has 7 nitrogen and oxygen atoms in total.